The lowest BCUT2D eigenvalue weighted by Gasteiger charge is -1.97. The van der Waals surface area contributed by atoms with Crippen LogP contribution in [0.4, 0.5) is 0 Å². The number of unbranched alkanes of at least 4 members (excludes halogenated alkanes) is 1. The van der Waals surface area contributed by atoms with Crippen LogP contribution in [0.15, 0.2) is 48.5 Å². The third kappa shape index (κ3) is 4.90. The van der Waals surface area contributed by atoms with Gasteiger partial charge >= 0.3 is 5.97 Å². The van der Waals surface area contributed by atoms with E-state index < -0.39 is 0 Å². The summed E-state index contributed by atoms with van der Waals surface area (Å²) in [5.74, 6) is -0.373. The maximum atomic E-state index is 11.5. The van der Waals surface area contributed by atoms with E-state index in [1.165, 1.54) is 11.6 Å². The lowest BCUT2D eigenvalue weighted by atomic mass is 10.2. The van der Waals surface area contributed by atoms with Crippen molar-refractivity contribution < 1.29 is 9.53 Å². The summed E-state index contributed by atoms with van der Waals surface area (Å²) in [5.41, 5.74) is 1.17. The standard InChI is InChI=1S/C17H15NO2S/c18-12-4-5-13-20-17(19)11-9-15-8-10-16(21-15)14-6-2-1-3-7-14/h1-3,6-11H,4-5,13H2. The molecule has 21 heavy (non-hydrogen) atoms. The van der Waals surface area contributed by atoms with Crippen molar-refractivity contribution in [2.75, 3.05) is 6.61 Å². The Kier molecular flexibility index (Phi) is 5.74. The molecule has 0 N–H and O–H groups in total. The SMILES string of the molecule is N#CCCCOC(=O)C=Cc1ccc(-c2ccccc2)s1. The van der Waals surface area contributed by atoms with Crippen LogP contribution < -0.4 is 0 Å². The number of nitrogens with zero attached hydrogens (tertiary/aromatic N) is 1. The molecule has 0 unspecified atom stereocenters. The molecule has 2 aromatic rings. The molecule has 0 aliphatic carbocycles. The minimum absolute atomic E-state index is 0.288. The number of nitriles is 1. The Morgan fingerprint density at radius 3 is 2.81 bits per heavy atom. The fourth-order valence-electron chi connectivity index (χ4n) is 1.72. The van der Waals surface area contributed by atoms with Crippen LogP contribution in [-0.2, 0) is 9.53 Å². The summed E-state index contributed by atoms with van der Waals surface area (Å²) in [7, 11) is 0. The summed E-state index contributed by atoms with van der Waals surface area (Å²) in [6, 6.07) is 16.1. The molecule has 2 rings (SSSR count). The van der Waals surface area contributed by atoms with Gasteiger partial charge in [0.1, 0.15) is 0 Å². The molecule has 3 nitrogen and oxygen atoms in total. The number of hydrogen-bond donors (Lipinski definition) is 0. The van der Waals surface area contributed by atoms with Gasteiger partial charge in [0.15, 0.2) is 0 Å². The first-order valence-corrected chi connectivity index (χ1v) is 7.48. The van der Waals surface area contributed by atoms with Gasteiger partial charge < -0.3 is 4.74 Å². The first-order chi connectivity index (χ1) is 10.3. The second kappa shape index (κ2) is 8.03. The lowest BCUT2D eigenvalue weighted by Crippen LogP contribution is -2.01. The van der Waals surface area contributed by atoms with E-state index in [4.69, 9.17) is 10.00 Å². The van der Waals surface area contributed by atoms with Crippen molar-refractivity contribution >= 4 is 23.4 Å². The normalized spacial score (nSPS) is 10.4. The first-order valence-electron chi connectivity index (χ1n) is 6.66. The summed E-state index contributed by atoms with van der Waals surface area (Å²) >= 11 is 1.62. The number of esters is 1. The Bertz CT molecular complexity index is 653. The number of carbonyl (C=O) groups is 1. The van der Waals surface area contributed by atoms with Crippen LogP contribution in [0.25, 0.3) is 16.5 Å². The van der Waals surface area contributed by atoms with Gasteiger partial charge in [0.25, 0.3) is 0 Å². The lowest BCUT2D eigenvalue weighted by molar-refractivity contribution is -0.137. The van der Waals surface area contributed by atoms with Crippen molar-refractivity contribution in [2.24, 2.45) is 0 Å². The molecule has 0 radical (unpaired) electrons. The maximum absolute atomic E-state index is 11.5. The largest absolute Gasteiger partial charge is 0.462 e. The van der Waals surface area contributed by atoms with Gasteiger partial charge in [-0.05, 0) is 30.2 Å². The Morgan fingerprint density at radius 2 is 2.05 bits per heavy atom. The van der Waals surface area contributed by atoms with Crippen molar-refractivity contribution in [1.82, 2.24) is 0 Å². The van der Waals surface area contributed by atoms with Crippen molar-refractivity contribution in [2.45, 2.75) is 12.8 Å². The molecule has 1 heterocycles. The highest BCUT2D eigenvalue weighted by atomic mass is 32.1. The zero-order valence-corrected chi connectivity index (χ0v) is 12.3. The fraction of sp³-hybridized carbons (Fsp3) is 0.176. The highest BCUT2D eigenvalue weighted by Crippen LogP contribution is 2.28. The van der Waals surface area contributed by atoms with Crippen LogP contribution in [0.1, 0.15) is 17.7 Å². The van der Waals surface area contributed by atoms with E-state index in [0.29, 0.717) is 12.8 Å². The highest BCUT2D eigenvalue weighted by molar-refractivity contribution is 7.16. The van der Waals surface area contributed by atoms with Crippen molar-refractivity contribution in [1.29, 1.82) is 5.26 Å². The minimum Gasteiger partial charge on any atom is -0.462 e. The molecule has 1 aromatic heterocycles. The molecule has 0 fully saturated rings. The molecule has 0 amide bonds. The third-order valence-corrected chi connectivity index (χ3v) is 3.85. The Labute approximate surface area is 128 Å². The molecular weight excluding hydrogens is 282 g/mol. The van der Waals surface area contributed by atoms with Gasteiger partial charge in [-0.15, -0.1) is 11.3 Å². The van der Waals surface area contributed by atoms with Gasteiger partial charge in [-0.25, -0.2) is 4.79 Å². The summed E-state index contributed by atoms with van der Waals surface area (Å²) in [6.45, 7) is 0.288. The van der Waals surface area contributed by atoms with E-state index in [-0.39, 0.29) is 12.6 Å². The second-order valence-electron chi connectivity index (χ2n) is 4.33. The number of thiophene rings is 1. The van der Waals surface area contributed by atoms with Gasteiger partial charge in [-0.1, -0.05) is 30.3 Å². The van der Waals surface area contributed by atoms with E-state index in [9.17, 15) is 4.79 Å². The zero-order chi connectivity index (χ0) is 14.9. The summed E-state index contributed by atoms with van der Waals surface area (Å²) in [6.07, 6.45) is 4.16. The molecule has 0 saturated heterocycles. The van der Waals surface area contributed by atoms with Gasteiger partial charge in [-0.3, -0.25) is 0 Å². The van der Waals surface area contributed by atoms with Crippen molar-refractivity contribution in [3.63, 3.8) is 0 Å². The molecule has 0 bridgehead atoms. The number of hydrogen-bond acceptors (Lipinski definition) is 4. The number of ether oxygens (including phenoxy) is 1. The second-order valence-corrected chi connectivity index (χ2v) is 5.45. The van der Waals surface area contributed by atoms with E-state index in [1.54, 1.807) is 17.4 Å². The van der Waals surface area contributed by atoms with E-state index >= 15 is 0 Å². The molecule has 106 valence electrons. The first kappa shape index (κ1) is 15.0. The number of rotatable bonds is 6. The Balaban J connectivity index is 1.89. The van der Waals surface area contributed by atoms with E-state index in [2.05, 4.69) is 12.1 Å². The van der Waals surface area contributed by atoms with Gasteiger partial charge in [-0.2, -0.15) is 5.26 Å². The van der Waals surface area contributed by atoms with Crippen molar-refractivity contribution in [3.8, 4) is 16.5 Å². The topological polar surface area (TPSA) is 50.1 Å². The predicted molar refractivity (Wildman–Crippen MR) is 84.6 cm³/mol. The van der Waals surface area contributed by atoms with Gasteiger partial charge in [0.2, 0.25) is 0 Å². The predicted octanol–water partition coefficient (Wildman–Crippen LogP) is 4.28. The Hall–Kier alpha value is -2.38. The molecule has 0 saturated carbocycles. The molecular formula is C17H15NO2S. The average molecular weight is 297 g/mol. The van der Waals surface area contributed by atoms with Crippen LogP contribution in [-0.4, -0.2) is 12.6 Å². The van der Waals surface area contributed by atoms with Crippen LogP contribution >= 0.6 is 11.3 Å². The van der Waals surface area contributed by atoms with Gasteiger partial charge in [0.05, 0.1) is 12.7 Å². The third-order valence-electron chi connectivity index (χ3n) is 2.75. The highest BCUT2D eigenvalue weighted by Gasteiger charge is 2.01. The molecule has 0 atom stereocenters. The fourth-order valence-corrected chi connectivity index (χ4v) is 2.64. The quantitative estimate of drug-likeness (QED) is 0.454. The monoisotopic (exact) mass is 297 g/mol. The van der Waals surface area contributed by atoms with Crippen LogP contribution in [0, 0.1) is 11.3 Å². The number of carbonyl (C=O) groups excluding carboxylic acids is 1. The zero-order valence-electron chi connectivity index (χ0n) is 11.5. The maximum Gasteiger partial charge on any atom is 0.330 e. The average Bonchev–Trinajstić information content (AvgIpc) is 2.99. The van der Waals surface area contributed by atoms with E-state index in [1.807, 2.05) is 36.4 Å². The molecule has 0 aliphatic heterocycles. The molecule has 0 aliphatic rings. The van der Waals surface area contributed by atoms with Crippen LogP contribution in [0.3, 0.4) is 0 Å². The van der Waals surface area contributed by atoms with Crippen LogP contribution in [0.2, 0.25) is 0 Å². The van der Waals surface area contributed by atoms with Crippen LogP contribution in [0.5, 0.6) is 0 Å². The van der Waals surface area contributed by atoms with E-state index in [0.717, 1.165) is 9.75 Å². The smallest absolute Gasteiger partial charge is 0.330 e. The molecule has 0 spiro atoms. The summed E-state index contributed by atoms with van der Waals surface area (Å²) in [4.78, 5) is 13.6. The Morgan fingerprint density at radius 1 is 1.24 bits per heavy atom. The minimum atomic E-state index is -0.373. The molecule has 1 aromatic carbocycles. The van der Waals surface area contributed by atoms with Gasteiger partial charge in [0, 0.05) is 22.3 Å². The molecule has 4 heteroatoms. The van der Waals surface area contributed by atoms with Crippen molar-refractivity contribution in [3.05, 3.63) is 53.4 Å². The number of benzene rings is 1. The summed E-state index contributed by atoms with van der Waals surface area (Å²) in [5, 5.41) is 8.38. The summed E-state index contributed by atoms with van der Waals surface area (Å²) < 4.78 is 4.99.